The largest absolute Gasteiger partial charge is 0.472 e. The fourth-order valence-electron chi connectivity index (χ4n) is 4.77. The fraction of sp³-hybridized carbons (Fsp3) is 0.136. The minimum absolute atomic E-state index is 0.0160. The zero-order valence-electron chi connectivity index (χ0n) is 14.2. The summed E-state index contributed by atoms with van der Waals surface area (Å²) >= 11 is 0. The number of ketones is 1. The van der Waals surface area contributed by atoms with Gasteiger partial charge in [0, 0.05) is 17.2 Å². The average Bonchev–Trinajstić information content (AvgIpc) is 2.67. The Morgan fingerprint density at radius 3 is 2.56 bits per heavy atom. The first-order valence-corrected chi connectivity index (χ1v) is 10.3. The molecule has 3 aliphatic carbocycles. The third-order valence-corrected chi connectivity index (χ3v) is 7.72. The zero-order chi connectivity index (χ0) is 18.4. The van der Waals surface area contributed by atoms with Gasteiger partial charge in [0.1, 0.15) is 10.7 Å². The van der Waals surface area contributed by atoms with Gasteiger partial charge >= 0.3 is 0 Å². The number of rotatable bonds is 2. The van der Waals surface area contributed by atoms with Crippen LogP contribution >= 0.6 is 0 Å². The molecule has 2 aromatic rings. The van der Waals surface area contributed by atoms with E-state index in [1.165, 1.54) is 18.2 Å². The Balaban J connectivity index is 1.55. The Kier molecular flexibility index (Phi) is 2.62. The van der Waals surface area contributed by atoms with Crippen LogP contribution in [-0.4, -0.2) is 14.2 Å². The maximum Gasteiger partial charge on any atom is 0.210 e. The minimum atomic E-state index is -3.81. The van der Waals surface area contributed by atoms with Gasteiger partial charge in [-0.05, 0) is 29.7 Å². The van der Waals surface area contributed by atoms with Gasteiger partial charge in [0.2, 0.25) is 9.84 Å². The number of hydrogen-bond donors (Lipinski definition) is 0. The summed E-state index contributed by atoms with van der Waals surface area (Å²) in [6.07, 6.45) is 4.08. The maximum atomic E-state index is 13.1. The van der Waals surface area contributed by atoms with E-state index in [-0.39, 0.29) is 21.5 Å². The highest BCUT2D eigenvalue weighted by Crippen LogP contribution is 2.70. The molecule has 2 aromatic carbocycles. The van der Waals surface area contributed by atoms with Crippen molar-refractivity contribution in [2.24, 2.45) is 5.92 Å². The summed E-state index contributed by atoms with van der Waals surface area (Å²) in [4.78, 5) is 13.0. The third kappa shape index (κ3) is 1.60. The molecule has 1 aliphatic heterocycles. The molecule has 5 heteroatoms. The Morgan fingerprint density at radius 2 is 1.74 bits per heavy atom. The molecule has 2 unspecified atom stereocenters. The second-order valence-corrected chi connectivity index (χ2v) is 9.13. The molecule has 0 radical (unpaired) electrons. The van der Waals surface area contributed by atoms with Crippen LogP contribution in [0.2, 0.25) is 0 Å². The van der Waals surface area contributed by atoms with E-state index in [2.05, 4.69) is 12.1 Å². The lowest BCUT2D eigenvalue weighted by molar-refractivity contribution is -0.126. The molecule has 0 amide bonds. The molecule has 1 saturated carbocycles. The molecule has 1 fully saturated rings. The van der Waals surface area contributed by atoms with Crippen molar-refractivity contribution in [2.45, 2.75) is 16.9 Å². The van der Waals surface area contributed by atoms with E-state index >= 15 is 0 Å². The van der Waals surface area contributed by atoms with Crippen LogP contribution in [0.1, 0.15) is 11.1 Å². The lowest BCUT2D eigenvalue weighted by Crippen LogP contribution is -2.61. The minimum Gasteiger partial charge on any atom is -0.472 e. The van der Waals surface area contributed by atoms with Gasteiger partial charge in [-0.3, -0.25) is 4.79 Å². The van der Waals surface area contributed by atoms with Crippen LogP contribution in [0, 0.1) is 5.92 Å². The topological polar surface area (TPSA) is 60.4 Å². The molecule has 4 aliphatic rings. The molecule has 1 heterocycles. The Morgan fingerprint density at radius 1 is 1.00 bits per heavy atom. The Bertz CT molecular complexity index is 1250. The highest BCUT2D eigenvalue weighted by atomic mass is 32.2. The SMILES string of the molecule is O=C1C=C(S(=O)(=O)c2ccccc2)C2=C3C1C1=CCc4ccccc4C13O2. The van der Waals surface area contributed by atoms with Gasteiger partial charge in [0.05, 0.1) is 10.8 Å². The van der Waals surface area contributed by atoms with Crippen LogP contribution in [0.3, 0.4) is 0 Å². The van der Waals surface area contributed by atoms with Crippen molar-refractivity contribution in [3.05, 3.63) is 99.7 Å². The van der Waals surface area contributed by atoms with Gasteiger partial charge in [-0.2, -0.15) is 0 Å². The molecule has 0 aromatic heterocycles. The van der Waals surface area contributed by atoms with E-state index in [1.54, 1.807) is 18.2 Å². The number of sulfone groups is 1. The van der Waals surface area contributed by atoms with Crippen LogP contribution in [0.4, 0.5) is 0 Å². The summed E-state index contributed by atoms with van der Waals surface area (Å²) < 4.78 is 32.4. The predicted molar refractivity (Wildman–Crippen MR) is 98.2 cm³/mol. The predicted octanol–water partition coefficient (Wildman–Crippen LogP) is 3.22. The van der Waals surface area contributed by atoms with Gasteiger partial charge < -0.3 is 4.74 Å². The van der Waals surface area contributed by atoms with Crippen LogP contribution in [0.5, 0.6) is 0 Å². The van der Waals surface area contributed by atoms with E-state index < -0.39 is 15.4 Å². The molecule has 0 N–H and O–H groups in total. The number of carbonyl (C=O) groups is 1. The molecule has 0 saturated heterocycles. The van der Waals surface area contributed by atoms with Crippen LogP contribution < -0.4 is 0 Å². The van der Waals surface area contributed by atoms with Crippen molar-refractivity contribution in [1.29, 1.82) is 0 Å². The first kappa shape index (κ1) is 15.2. The third-order valence-electron chi connectivity index (χ3n) is 5.95. The second kappa shape index (κ2) is 4.67. The van der Waals surface area contributed by atoms with Gasteiger partial charge in [-0.15, -0.1) is 0 Å². The second-order valence-electron chi connectivity index (χ2n) is 7.21. The van der Waals surface area contributed by atoms with Gasteiger partial charge in [0.15, 0.2) is 11.4 Å². The summed E-state index contributed by atoms with van der Waals surface area (Å²) in [6.45, 7) is 0. The number of benzene rings is 2. The van der Waals surface area contributed by atoms with Crippen LogP contribution in [0.25, 0.3) is 0 Å². The molecular weight excluding hydrogens is 360 g/mol. The number of carbonyl (C=O) groups excluding carboxylic acids is 1. The number of hydrogen-bond acceptors (Lipinski definition) is 4. The number of allylic oxidation sites excluding steroid dienone is 2. The van der Waals surface area contributed by atoms with Crippen molar-refractivity contribution in [2.75, 3.05) is 0 Å². The lowest BCUT2D eigenvalue weighted by atomic mass is 9.50. The van der Waals surface area contributed by atoms with Crippen LogP contribution in [0.15, 0.2) is 93.5 Å². The summed E-state index contributed by atoms with van der Waals surface area (Å²) in [6, 6.07) is 16.2. The summed E-state index contributed by atoms with van der Waals surface area (Å²) in [7, 11) is -3.81. The van der Waals surface area contributed by atoms with Crippen molar-refractivity contribution in [1.82, 2.24) is 0 Å². The van der Waals surface area contributed by atoms with E-state index in [0.29, 0.717) is 5.76 Å². The first-order chi connectivity index (χ1) is 13.0. The summed E-state index contributed by atoms with van der Waals surface area (Å²) in [5, 5.41) is 0. The highest BCUT2D eigenvalue weighted by Gasteiger charge is 2.70. The highest BCUT2D eigenvalue weighted by molar-refractivity contribution is 7.95. The number of ether oxygens (including phenoxy) is 1. The van der Waals surface area contributed by atoms with Crippen molar-refractivity contribution < 1.29 is 17.9 Å². The molecule has 2 atom stereocenters. The first-order valence-electron chi connectivity index (χ1n) is 8.84. The summed E-state index contributed by atoms with van der Waals surface area (Å²) in [5.41, 5.74) is 3.22. The molecule has 1 spiro atoms. The normalized spacial score (nSPS) is 27.1. The standard InChI is InChI=1S/C22H14O4S/c23-17-12-18(27(24,25)14-7-2-1-3-8-14)21-20-19(17)16-11-10-13-6-4-5-9-15(13)22(16,20)26-21/h1-9,11-12,19H,10H2. The van der Waals surface area contributed by atoms with Crippen LogP contribution in [-0.2, 0) is 31.4 Å². The van der Waals surface area contributed by atoms with Crippen molar-refractivity contribution >= 4 is 15.6 Å². The number of fused-ring (bicyclic) bond motifs is 2. The van der Waals surface area contributed by atoms with Gasteiger partial charge in [0.25, 0.3) is 0 Å². The van der Waals surface area contributed by atoms with Crippen molar-refractivity contribution in [3.8, 4) is 0 Å². The Hall–Kier alpha value is -2.92. The zero-order valence-corrected chi connectivity index (χ0v) is 15.0. The summed E-state index contributed by atoms with van der Waals surface area (Å²) in [5.74, 6) is -0.179. The van der Waals surface area contributed by atoms with E-state index in [4.69, 9.17) is 4.74 Å². The molecule has 4 nitrogen and oxygen atoms in total. The molecular formula is C22H14O4S. The molecule has 27 heavy (non-hydrogen) atoms. The quantitative estimate of drug-likeness (QED) is 0.758. The van der Waals surface area contributed by atoms with Gasteiger partial charge in [-0.1, -0.05) is 48.5 Å². The monoisotopic (exact) mass is 374 g/mol. The maximum absolute atomic E-state index is 13.1. The molecule has 0 bridgehead atoms. The van der Waals surface area contributed by atoms with E-state index in [0.717, 1.165) is 28.7 Å². The lowest BCUT2D eigenvalue weighted by Gasteiger charge is -2.62. The van der Waals surface area contributed by atoms with Crippen molar-refractivity contribution in [3.63, 3.8) is 0 Å². The van der Waals surface area contributed by atoms with Gasteiger partial charge in [-0.25, -0.2) is 8.42 Å². The van der Waals surface area contributed by atoms with E-state index in [9.17, 15) is 13.2 Å². The molecule has 6 rings (SSSR count). The fourth-order valence-corrected chi connectivity index (χ4v) is 6.20. The average molecular weight is 374 g/mol. The Labute approximate surface area is 156 Å². The van der Waals surface area contributed by atoms with E-state index in [1.807, 2.05) is 18.2 Å². The molecule has 132 valence electrons. The smallest absolute Gasteiger partial charge is 0.210 e.